The highest BCUT2D eigenvalue weighted by Gasteiger charge is 2.69. The van der Waals surface area contributed by atoms with Crippen molar-refractivity contribution in [1.82, 2.24) is 24.9 Å². The lowest BCUT2D eigenvalue weighted by Crippen LogP contribution is -2.51. The van der Waals surface area contributed by atoms with Gasteiger partial charge in [-0.05, 0) is 50.7 Å². The fourth-order valence-corrected chi connectivity index (χ4v) is 5.99. The quantitative estimate of drug-likeness (QED) is 0.515. The van der Waals surface area contributed by atoms with Gasteiger partial charge in [-0.25, -0.2) is 0 Å². The number of imide groups is 1. The van der Waals surface area contributed by atoms with E-state index in [9.17, 15) is 32.3 Å². The number of rotatable bonds is 6. The van der Waals surface area contributed by atoms with E-state index in [4.69, 9.17) is 0 Å². The first-order chi connectivity index (χ1) is 19.5. The number of alkyl halides is 3. The van der Waals surface area contributed by atoms with Crippen molar-refractivity contribution in [3.63, 3.8) is 0 Å². The van der Waals surface area contributed by atoms with Gasteiger partial charge in [-0.3, -0.25) is 28.8 Å². The summed E-state index contributed by atoms with van der Waals surface area (Å²) in [5.74, 6) is -2.29. The molecule has 13 heteroatoms. The topological polar surface area (TPSA) is 117 Å². The molecule has 6 rings (SSSR count). The highest BCUT2D eigenvalue weighted by atomic mass is 19.4. The maximum absolute atomic E-state index is 13.4. The summed E-state index contributed by atoms with van der Waals surface area (Å²) < 4.78 is 41.9. The number of fused-ring (bicyclic) bond motifs is 1. The summed E-state index contributed by atoms with van der Waals surface area (Å²) in [6.07, 6.45) is 0.475. The molecule has 4 aliphatic rings. The second kappa shape index (κ2) is 9.74. The Morgan fingerprint density at radius 1 is 1.12 bits per heavy atom. The molecule has 0 radical (unpaired) electrons. The molecule has 2 N–H and O–H groups in total. The lowest BCUT2D eigenvalue weighted by molar-refractivity contribution is -0.199. The number of allylic oxidation sites excluding steroid dienone is 1. The number of hydrogen-bond donors (Lipinski definition) is 2. The van der Waals surface area contributed by atoms with E-state index in [1.54, 1.807) is 29.1 Å². The van der Waals surface area contributed by atoms with E-state index in [0.29, 0.717) is 43.6 Å². The molecule has 3 fully saturated rings. The minimum atomic E-state index is -4.51. The molecule has 41 heavy (non-hydrogen) atoms. The first kappa shape index (κ1) is 27.0. The van der Waals surface area contributed by atoms with Gasteiger partial charge in [0.05, 0.1) is 23.4 Å². The molecular formula is C28H29F3N6O4. The lowest BCUT2D eigenvalue weighted by atomic mass is 10.00. The van der Waals surface area contributed by atoms with Gasteiger partial charge in [-0.15, -0.1) is 0 Å². The van der Waals surface area contributed by atoms with E-state index in [0.717, 1.165) is 10.5 Å². The largest absolute Gasteiger partial charge is 0.403 e. The van der Waals surface area contributed by atoms with Crippen molar-refractivity contribution in [3.05, 3.63) is 59.6 Å². The molecule has 4 heterocycles. The van der Waals surface area contributed by atoms with Crippen molar-refractivity contribution in [3.8, 4) is 0 Å². The number of carbonyl (C=O) groups is 4. The molecule has 4 amide bonds. The fourth-order valence-electron chi connectivity index (χ4n) is 5.99. The van der Waals surface area contributed by atoms with Crippen molar-refractivity contribution >= 4 is 29.3 Å². The van der Waals surface area contributed by atoms with E-state index in [1.165, 1.54) is 4.90 Å². The summed E-state index contributed by atoms with van der Waals surface area (Å²) in [5.41, 5.74) is 0.0661. The highest BCUT2D eigenvalue weighted by molar-refractivity contribution is 6.25. The molecule has 2 saturated heterocycles. The third kappa shape index (κ3) is 4.56. The molecule has 1 aromatic carbocycles. The van der Waals surface area contributed by atoms with E-state index in [2.05, 4.69) is 22.3 Å². The van der Waals surface area contributed by atoms with Crippen LogP contribution in [-0.2, 0) is 16.1 Å². The van der Waals surface area contributed by atoms with Crippen LogP contribution in [0.5, 0.6) is 0 Å². The van der Waals surface area contributed by atoms with Gasteiger partial charge < -0.3 is 15.5 Å². The predicted octanol–water partition coefficient (Wildman–Crippen LogP) is 3.39. The standard InChI is InChI=1S/C28H29F3N6O4/c1-16-5-6-21(23(38)34-16)37-24(39)19-3-2-4-20(22(19)25(37)40)32-13-17-14-33-36(15-17)18-7-11-35(12-8-18)26(41)27(9-10-27)28(29,30)31/h2-4,14-15,18,21,32H,1,5-13H2,(H,34,38). The molecular weight excluding hydrogens is 541 g/mol. The van der Waals surface area contributed by atoms with Crippen LogP contribution in [0, 0.1) is 5.41 Å². The minimum Gasteiger partial charge on any atom is -0.380 e. The van der Waals surface area contributed by atoms with Crippen LogP contribution in [0.25, 0.3) is 0 Å². The van der Waals surface area contributed by atoms with Gasteiger partial charge in [0, 0.05) is 42.8 Å². The molecule has 0 bridgehead atoms. The number of aromatic nitrogens is 2. The molecule has 1 aliphatic carbocycles. The number of halogens is 3. The maximum atomic E-state index is 13.4. The number of anilines is 1. The number of likely N-dealkylation sites (tertiary alicyclic amines) is 1. The number of nitrogens with zero attached hydrogens (tertiary/aromatic N) is 4. The predicted molar refractivity (Wildman–Crippen MR) is 139 cm³/mol. The van der Waals surface area contributed by atoms with Gasteiger partial charge in [0.1, 0.15) is 11.5 Å². The van der Waals surface area contributed by atoms with E-state index >= 15 is 0 Å². The Labute approximate surface area is 233 Å². The first-order valence-corrected chi connectivity index (χ1v) is 13.6. The summed E-state index contributed by atoms with van der Waals surface area (Å²) in [5, 5.41) is 10.2. The fraction of sp³-hybridized carbons (Fsp3) is 0.464. The molecule has 216 valence electrons. The van der Waals surface area contributed by atoms with Gasteiger partial charge in [-0.1, -0.05) is 12.6 Å². The third-order valence-electron chi connectivity index (χ3n) is 8.55. The smallest absolute Gasteiger partial charge is 0.380 e. The summed E-state index contributed by atoms with van der Waals surface area (Å²) >= 11 is 0. The zero-order valence-electron chi connectivity index (χ0n) is 22.2. The summed E-state index contributed by atoms with van der Waals surface area (Å²) in [6.45, 7) is 4.52. The Bertz CT molecular complexity index is 1450. The second-order valence-electron chi connectivity index (χ2n) is 11.1. The second-order valence-corrected chi connectivity index (χ2v) is 11.1. The van der Waals surface area contributed by atoms with Crippen LogP contribution in [-0.4, -0.2) is 68.5 Å². The summed E-state index contributed by atoms with van der Waals surface area (Å²) in [7, 11) is 0. The zero-order chi connectivity index (χ0) is 29.1. The van der Waals surface area contributed by atoms with Gasteiger partial charge in [-0.2, -0.15) is 18.3 Å². The van der Waals surface area contributed by atoms with Crippen molar-refractivity contribution in [2.75, 3.05) is 18.4 Å². The van der Waals surface area contributed by atoms with Crippen molar-refractivity contribution < 1.29 is 32.3 Å². The Kier molecular flexibility index (Phi) is 6.42. The van der Waals surface area contributed by atoms with Crippen LogP contribution in [0.1, 0.15) is 70.8 Å². The van der Waals surface area contributed by atoms with Crippen LogP contribution in [0.4, 0.5) is 18.9 Å². The van der Waals surface area contributed by atoms with Crippen molar-refractivity contribution in [1.29, 1.82) is 0 Å². The van der Waals surface area contributed by atoms with Gasteiger partial charge in [0.2, 0.25) is 11.8 Å². The maximum Gasteiger partial charge on any atom is 0.403 e. The van der Waals surface area contributed by atoms with Crippen LogP contribution in [0.2, 0.25) is 0 Å². The molecule has 1 aromatic heterocycles. The van der Waals surface area contributed by atoms with Crippen LogP contribution in [0.15, 0.2) is 42.9 Å². The Morgan fingerprint density at radius 3 is 2.51 bits per heavy atom. The van der Waals surface area contributed by atoms with Crippen LogP contribution >= 0.6 is 0 Å². The Morgan fingerprint density at radius 2 is 1.85 bits per heavy atom. The highest BCUT2D eigenvalue weighted by Crippen LogP contribution is 2.58. The molecule has 10 nitrogen and oxygen atoms in total. The third-order valence-corrected chi connectivity index (χ3v) is 8.55. The number of amides is 4. The van der Waals surface area contributed by atoms with Crippen LogP contribution in [0.3, 0.4) is 0 Å². The van der Waals surface area contributed by atoms with E-state index in [1.807, 2.05) is 6.20 Å². The molecule has 1 saturated carbocycles. The number of nitrogens with one attached hydrogen (secondary N) is 2. The SMILES string of the molecule is C=C1CCC(N2C(=O)c3cccc(NCc4cnn(C5CCN(C(=O)C6(C(F)(F)F)CC6)CC5)c4)c3C2=O)C(=O)N1. The normalized spacial score (nSPS) is 22.6. The molecule has 2 aromatic rings. The number of piperidine rings is 2. The molecule has 1 unspecified atom stereocenters. The molecule has 1 atom stereocenters. The van der Waals surface area contributed by atoms with E-state index < -0.39 is 41.3 Å². The van der Waals surface area contributed by atoms with Gasteiger partial charge in [0.25, 0.3) is 11.8 Å². The number of benzene rings is 1. The van der Waals surface area contributed by atoms with E-state index in [-0.39, 0.29) is 43.1 Å². The summed E-state index contributed by atoms with van der Waals surface area (Å²) in [4.78, 5) is 53.8. The van der Waals surface area contributed by atoms with Gasteiger partial charge in [0.15, 0.2) is 0 Å². The number of hydrogen-bond acceptors (Lipinski definition) is 6. The molecule has 3 aliphatic heterocycles. The Hall–Kier alpha value is -4.16. The monoisotopic (exact) mass is 570 g/mol. The number of carbonyl (C=O) groups excluding carboxylic acids is 4. The van der Waals surface area contributed by atoms with Crippen molar-refractivity contribution in [2.45, 2.75) is 63.3 Å². The molecule has 0 spiro atoms. The Balaban J connectivity index is 1.08. The van der Waals surface area contributed by atoms with Crippen molar-refractivity contribution in [2.24, 2.45) is 5.41 Å². The van der Waals surface area contributed by atoms with Gasteiger partial charge >= 0.3 is 6.18 Å². The summed E-state index contributed by atoms with van der Waals surface area (Å²) in [6, 6.07) is 3.97. The zero-order valence-corrected chi connectivity index (χ0v) is 22.2. The average Bonchev–Trinajstić information content (AvgIpc) is 3.58. The van der Waals surface area contributed by atoms with Crippen LogP contribution < -0.4 is 10.6 Å². The minimum absolute atomic E-state index is 0.0553. The first-order valence-electron chi connectivity index (χ1n) is 13.6. The lowest BCUT2D eigenvalue weighted by Gasteiger charge is -2.35. The average molecular weight is 571 g/mol.